The first-order valence-corrected chi connectivity index (χ1v) is 9.16. The molecule has 1 aliphatic carbocycles. The zero-order chi connectivity index (χ0) is 14.5. The number of hydrogen-bond acceptors (Lipinski definition) is 4. The fraction of sp³-hybridized carbons (Fsp3) is 0.786. The summed E-state index contributed by atoms with van der Waals surface area (Å²) in [6.45, 7) is 4.56. The predicted octanol–water partition coefficient (Wildman–Crippen LogP) is 2.12. The number of anilines is 1. The Morgan fingerprint density at radius 1 is 1.40 bits per heavy atom. The molecule has 112 valence electrons. The van der Waals surface area contributed by atoms with Crippen molar-refractivity contribution in [2.75, 3.05) is 17.2 Å². The molecular formula is C14H23N3O2S. The molecule has 1 saturated heterocycles. The average molecular weight is 297 g/mol. The Morgan fingerprint density at radius 3 is 2.70 bits per heavy atom. The zero-order valence-electron chi connectivity index (χ0n) is 12.2. The third kappa shape index (κ3) is 2.34. The number of nitrogen functional groups attached to an aromatic ring is 1. The average Bonchev–Trinajstić information content (AvgIpc) is 2.96. The molecular weight excluding hydrogens is 274 g/mol. The topological polar surface area (TPSA) is 78.0 Å². The summed E-state index contributed by atoms with van der Waals surface area (Å²) in [5, 5.41) is 4.66. The highest BCUT2D eigenvalue weighted by Gasteiger charge is 2.38. The van der Waals surface area contributed by atoms with Crippen LogP contribution in [-0.4, -0.2) is 29.7 Å². The SMILES string of the molecule is CC1(C)CCCC1c1cc(N)n(C2CCS(=O)(=O)C2)n1. The van der Waals surface area contributed by atoms with E-state index in [1.165, 1.54) is 12.8 Å². The van der Waals surface area contributed by atoms with Crippen molar-refractivity contribution in [1.82, 2.24) is 9.78 Å². The minimum Gasteiger partial charge on any atom is -0.384 e. The number of aromatic nitrogens is 2. The van der Waals surface area contributed by atoms with Crippen LogP contribution in [0.25, 0.3) is 0 Å². The van der Waals surface area contributed by atoms with Crippen molar-refractivity contribution < 1.29 is 8.42 Å². The van der Waals surface area contributed by atoms with Crippen molar-refractivity contribution in [2.45, 2.75) is 51.5 Å². The third-order valence-electron chi connectivity index (χ3n) is 4.95. The highest BCUT2D eigenvalue weighted by atomic mass is 32.2. The normalized spacial score (nSPS) is 31.7. The zero-order valence-corrected chi connectivity index (χ0v) is 13.0. The molecule has 2 heterocycles. The van der Waals surface area contributed by atoms with Gasteiger partial charge in [-0.05, 0) is 24.7 Å². The molecule has 2 atom stereocenters. The monoisotopic (exact) mass is 297 g/mol. The van der Waals surface area contributed by atoms with E-state index in [0.29, 0.717) is 18.2 Å². The molecule has 0 radical (unpaired) electrons. The minimum atomic E-state index is -2.91. The summed E-state index contributed by atoms with van der Waals surface area (Å²) in [4.78, 5) is 0. The van der Waals surface area contributed by atoms with Gasteiger partial charge in [0.15, 0.2) is 9.84 Å². The molecule has 2 unspecified atom stereocenters. The molecule has 0 bridgehead atoms. The second kappa shape index (κ2) is 4.48. The van der Waals surface area contributed by atoms with Crippen molar-refractivity contribution in [3.63, 3.8) is 0 Å². The van der Waals surface area contributed by atoms with Gasteiger partial charge < -0.3 is 5.73 Å². The van der Waals surface area contributed by atoms with E-state index in [9.17, 15) is 8.42 Å². The fourth-order valence-electron chi connectivity index (χ4n) is 3.73. The highest BCUT2D eigenvalue weighted by Crippen LogP contribution is 2.48. The molecule has 1 aromatic rings. The number of nitrogens with two attached hydrogens (primary N) is 1. The molecule has 0 amide bonds. The first kappa shape index (κ1) is 13.9. The van der Waals surface area contributed by atoms with Crippen LogP contribution >= 0.6 is 0 Å². The Balaban J connectivity index is 1.89. The van der Waals surface area contributed by atoms with Crippen LogP contribution in [0.2, 0.25) is 0 Å². The largest absolute Gasteiger partial charge is 0.384 e. The predicted molar refractivity (Wildman–Crippen MR) is 79.3 cm³/mol. The first-order valence-electron chi connectivity index (χ1n) is 7.34. The van der Waals surface area contributed by atoms with Crippen LogP contribution in [0, 0.1) is 5.41 Å². The molecule has 5 nitrogen and oxygen atoms in total. The molecule has 6 heteroatoms. The van der Waals surface area contributed by atoms with E-state index in [1.807, 2.05) is 6.07 Å². The molecule has 1 aliphatic heterocycles. The van der Waals surface area contributed by atoms with Gasteiger partial charge in [-0.2, -0.15) is 5.10 Å². The Hall–Kier alpha value is -1.04. The van der Waals surface area contributed by atoms with Crippen LogP contribution < -0.4 is 5.73 Å². The highest BCUT2D eigenvalue weighted by molar-refractivity contribution is 7.91. The van der Waals surface area contributed by atoms with Gasteiger partial charge in [0.25, 0.3) is 0 Å². The van der Waals surface area contributed by atoms with E-state index in [4.69, 9.17) is 5.73 Å². The van der Waals surface area contributed by atoms with E-state index < -0.39 is 9.84 Å². The maximum atomic E-state index is 11.6. The van der Waals surface area contributed by atoms with Gasteiger partial charge in [-0.1, -0.05) is 20.3 Å². The van der Waals surface area contributed by atoms with E-state index in [2.05, 4.69) is 18.9 Å². The fourth-order valence-corrected chi connectivity index (χ4v) is 5.43. The lowest BCUT2D eigenvalue weighted by atomic mass is 9.80. The molecule has 3 rings (SSSR count). The third-order valence-corrected chi connectivity index (χ3v) is 6.70. The van der Waals surface area contributed by atoms with Crippen molar-refractivity contribution in [3.05, 3.63) is 11.8 Å². The second-order valence-corrected chi connectivity index (χ2v) is 9.16. The Labute approximate surface area is 120 Å². The van der Waals surface area contributed by atoms with E-state index >= 15 is 0 Å². The van der Waals surface area contributed by atoms with Crippen molar-refractivity contribution >= 4 is 15.7 Å². The second-order valence-electron chi connectivity index (χ2n) is 6.93. The quantitative estimate of drug-likeness (QED) is 0.907. The maximum Gasteiger partial charge on any atom is 0.152 e. The molecule has 0 aromatic carbocycles. The molecule has 2 aliphatic rings. The minimum absolute atomic E-state index is 0.0849. The van der Waals surface area contributed by atoms with Crippen LogP contribution in [0.5, 0.6) is 0 Å². The van der Waals surface area contributed by atoms with E-state index in [1.54, 1.807) is 4.68 Å². The van der Waals surface area contributed by atoms with Crippen LogP contribution in [0.4, 0.5) is 5.82 Å². The smallest absolute Gasteiger partial charge is 0.152 e. The Bertz CT molecular complexity index is 618. The van der Waals surface area contributed by atoms with Crippen molar-refractivity contribution in [2.24, 2.45) is 5.41 Å². The summed E-state index contributed by atoms with van der Waals surface area (Å²) in [5.74, 6) is 1.46. The maximum absolute atomic E-state index is 11.6. The number of sulfone groups is 1. The number of hydrogen-bond donors (Lipinski definition) is 1. The van der Waals surface area contributed by atoms with Gasteiger partial charge in [-0.3, -0.25) is 0 Å². The van der Waals surface area contributed by atoms with Gasteiger partial charge in [0, 0.05) is 12.0 Å². The summed E-state index contributed by atoms with van der Waals surface area (Å²) in [5.41, 5.74) is 7.37. The molecule has 2 fully saturated rings. The summed E-state index contributed by atoms with van der Waals surface area (Å²) in [6, 6.07) is 1.86. The number of nitrogens with zero attached hydrogens (tertiary/aromatic N) is 2. The van der Waals surface area contributed by atoms with Crippen molar-refractivity contribution in [3.8, 4) is 0 Å². The Kier molecular flexibility index (Phi) is 3.12. The summed E-state index contributed by atoms with van der Waals surface area (Å²) in [7, 11) is -2.91. The number of rotatable bonds is 2. The summed E-state index contributed by atoms with van der Waals surface area (Å²) < 4.78 is 25.0. The molecule has 2 N–H and O–H groups in total. The van der Waals surface area contributed by atoms with Gasteiger partial charge in [0.05, 0.1) is 23.2 Å². The summed E-state index contributed by atoms with van der Waals surface area (Å²) in [6.07, 6.45) is 4.21. The first-order chi connectivity index (χ1) is 9.28. The van der Waals surface area contributed by atoms with Crippen molar-refractivity contribution in [1.29, 1.82) is 0 Å². The lowest BCUT2D eigenvalue weighted by Crippen LogP contribution is -2.18. The standard InChI is InChI=1S/C14H23N3O2S/c1-14(2)6-3-4-11(14)12-8-13(15)17(16-12)10-5-7-20(18,19)9-10/h8,10-11H,3-7,9,15H2,1-2H3. The van der Waals surface area contributed by atoms with Crippen LogP contribution in [0.1, 0.15) is 57.2 Å². The summed E-state index contributed by atoms with van der Waals surface area (Å²) >= 11 is 0. The van der Waals surface area contributed by atoms with Crippen LogP contribution in [0.15, 0.2) is 6.07 Å². The van der Waals surface area contributed by atoms with Gasteiger partial charge in [0.1, 0.15) is 5.82 Å². The van der Waals surface area contributed by atoms with Crippen LogP contribution in [-0.2, 0) is 9.84 Å². The lowest BCUT2D eigenvalue weighted by Gasteiger charge is -2.25. The van der Waals surface area contributed by atoms with Gasteiger partial charge in [-0.15, -0.1) is 0 Å². The van der Waals surface area contributed by atoms with Crippen LogP contribution in [0.3, 0.4) is 0 Å². The van der Waals surface area contributed by atoms with Gasteiger partial charge in [-0.25, -0.2) is 13.1 Å². The van der Waals surface area contributed by atoms with Gasteiger partial charge >= 0.3 is 0 Å². The molecule has 1 aromatic heterocycles. The molecule has 20 heavy (non-hydrogen) atoms. The molecule has 1 saturated carbocycles. The lowest BCUT2D eigenvalue weighted by molar-refractivity contribution is 0.324. The van der Waals surface area contributed by atoms with E-state index in [0.717, 1.165) is 12.1 Å². The van der Waals surface area contributed by atoms with Gasteiger partial charge in [0.2, 0.25) is 0 Å². The van der Waals surface area contributed by atoms with E-state index in [-0.39, 0.29) is 23.0 Å². The molecule has 0 spiro atoms. The Morgan fingerprint density at radius 2 is 2.15 bits per heavy atom.